The van der Waals surface area contributed by atoms with Crippen molar-refractivity contribution in [3.05, 3.63) is 88.7 Å². The molecule has 0 bridgehead atoms. The standard InChI is InChI=1S/C26H25N2/c1-26(2)21-8-4-6-10-24(21)28-16-14-20(25(26)28)17-19-13-15-27-22-9-5-3-7-18(22)11-12-23(19)27/h3-12,17H,13-16H2,1-2H3/q+1. The number of rotatable bonds is 1. The van der Waals surface area contributed by atoms with E-state index in [1.54, 1.807) is 0 Å². The Morgan fingerprint density at radius 3 is 2.71 bits per heavy atom. The van der Waals surface area contributed by atoms with E-state index in [9.17, 15) is 0 Å². The van der Waals surface area contributed by atoms with Crippen LogP contribution in [0.2, 0.25) is 0 Å². The molecule has 0 radical (unpaired) electrons. The lowest BCUT2D eigenvalue weighted by atomic mass is 9.78. The van der Waals surface area contributed by atoms with Gasteiger partial charge in [0.05, 0.1) is 5.41 Å². The summed E-state index contributed by atoms with van der Waals surface area (Å²) in [5.41, 5.74) is 11.5. The molecular formula is C26H25N2+. The van der Waals surface area contributed by atoms with E-state index in [0.717, 1.165) is 25.9 Å². The summed E-state index contributed by atoms with van der Waals surface area (Å²) in [6.45, 7) is 6.96. The van der Waals surface area contributed by atoms with Crippen LogP contribution in [0.25, 0.3) is 6.08 Å². The molecule has 0 amide bonds. The summed E-state index contributed by atoms with van der Waals surface area (Å²) >= 11 is 0. The first-order valence-corrected chi connectivity index (χ1v) is 10.4. The zero-order valence-electron chi connectivity index (χ0n) is 16.6. The van der Waals surface area contributed by atoms with Crippen LogP contribution >= 0.6 is 0 Å². The van der Waals surface area contributed by atoms with Crippen LogP contribution in [0.1, 0.15) is 37.8 Å². The van der Waals surface area contributed by atoms with Gasteiger partial charge in [-0.15, -0.1) is 0 Å². The molecule has 138 valence electrons. The zero-order valence-corrected chi connectivity index (χ0v) is 16.6. The van der Waals surface area contributed by atoms with Crippen molar-refractivity contribution >= 4 is 23.2 Å². The van der Waals surface area contributed by atoms with Crippen molar-refractivity contribution in [3.8, 4) is 0 Å². The molecule has 0 saturated heterocycles. The summed E-state index contributed by atoms with van der Waals surface area (Å²) < 4.78 is 2.56. The molecule has 2 heteroatoms. The Morgan fingerprint density at radius 1 is 0.964 bits per heavy atom. The van der Waals surface area contributed by atoms with E-state index < -0.39 is 0 Å². The second-order valence-electron chi connectivity index (χ2n) is 8.77. The van der Waals surface area contributed by atoms with Gasteiger partial charge < -0.3 is 4.90 Å². The van der Waals surface area contributed by atoms with Crippen molar-refractivity contribution < 1.29 is 4.58 Å². The Morgan fingerprint density at radius 2 is 1.79 bits per heavy atom. The van der Waals surface area contributed by atoms with Crippen LogP contribution in [-0.2, 0) is 5.41 Å². The third-order valence-corrected chi connectivity index (χ3v) is 6.86. The molecule has 4 aliphatic heterocycles. The zero-order chi connectivity index (χ0) is 18.9. The molecule has 4 heterocycles. The van der Waals surface area contributed by atoms with Crippen molar-refractivity contribution in [3.63, 3.8) is 0 Å². The lowest BCUT2D eigenvalue weighted by molar-refractivity contribution is -0.428. The molecule has 4 aliphatic rings. The fourth-order valence-corrected chi connectivity index (χ4v) is 5.62. The van der Waals surface area contributed by atoms with Crippen LogP contribution in [-0.4, -0.2) is 23.4 Å². The Labute approximate surface area is 166 Å². The van der Waals surface area contributed by atoms with Crippen LogP contribution in [0.15, 0.2) is 77.5 Å². The smallest absolute Gasteiger partial charge is 0.209 e. The van der Waals surface area contributed by atoms with Crippen LogP contribution in [0.5, 0.6) is 0 Å². The molecule has 6 rings (SSSR count). The maximum Gasteiger partial charge on any atom is 0.209 e. The second-order valence-corrected chi connectivity index (χ2v) is 8.77. The summed E-state index contributed by atoms with van der Waals surface area (Å²) in [5, 5.41) is 0. The van der Waals surface area contributed by atoms with E-state index in [0.29, 0.717) is 0 Å². The average molecular weight is 366 g/mol. The molecule has 0 unspecified atom stereocenters. The summed E-state index contributed by atoms with van der Waals surface area (Å²) in [5.74, 6) is 0. The molecule has 28 heavy (non-hydrogen) atoms. The van der Waals surface area contributed by atoms with Gasteiger partial charge in [-0.25, -0.2) is 0 Å². The number of hydrogen-bond donors (Lipinski definition) is 0. The first kappa shape index (κ1) is 16.1. The van der Waals surface area contributed by atoms with E-state index in [1.165, 1.54) is 45.1 Å². The molecule has 0 aliphatic carbocycles. The molecule has 0 spiro atoms. The van der Waals surface area contributed by atoms with Crippen LogP contribution in [0.3, 0.4) is 0 Å². The van der Waals surface area contributed by atoms with Gasteiger partial charge in [-0.3, -0.25) is 0 Å². The Hall–Kier alpha value is -2.87. The van der Waals surface area contributed by atoms with Gasteiger partial charge in [-0.1, -0.05) is 42.5 Å². The maximum absolute atomic E-state index is 2.56. The number of para-hydroxylation sites is 2. The molecule has 0 aromatic heterocycles. The number of benzene rings is 2. The lowest BCUT2D eigenvalue weighted by Gasteiger charge is -2.26. The Kier molecular flexibility index (Phi) is 3.21. The molecule has 2 aromatic rings. The molecule has 0 saturated carbocycles. The van der Waals surface area contributed by atoms with Crippen molar-refractivity contribution in [2.45, 2.75) is 32.1 Å². The Balaban J connectivity index is 1.44. The molecule has 0 N–H and O–H groups in total. The van der Waals surface area contributed by atoms with Crippen LogP contribution < -0.4 is 4.90 Å². The van der Waals surface area contributed by atoms with Gasteiger partial charge in [0.2, 0.25) is 5.69 Å². The Bertz CT molecular complexity index is 1140. The number of hydrogen-bond acceptors (Lipinski definition) is 1. The summed E-state index contributed by atoms with van der Waals surface area (Å²) in [7, 11) is 0. The second kappa shape index (κ2) is 5.57. The largest absolute Gasteiger partial charge is 0.340 e. The third-order valence-electron chi connectivity index (χ3n) is 6.86. The van der Waals surface area contributed by atoms with E-state index >= 15 is 0 Å². The SMILES string of the molecule is CC1(C)C2=[N+](CCC2=CC2=C3C=Cc4ccccc4N3CC2)c2ccccc21. The van der Waals surface area contributed by atoms with Crippen molar-refractivity contribution in [1.29, 1.82) is 0 Å². The predicted molar refractivity (Wildman–Crippen MR) is 116 cm³/mol. The number of fused-ring (bicyclic) bond motifs is 5. The summed E-state index contributed by atoms with van der Waals surface area (Å²) in [6, 6.07) is 17.7. The average Bonchev–Trinajstić information content (AvgIpc) is 3.38. The summed E-state index contributed by atoms with van der Waals surface area (Å²) in [4.78, 5) is 2.49. The van der Waals surface area contributed by atoms with E-state index in [2.05, 4.69) is 90.1 Å². The minimum absolute atomic E-state index is 0.0808. The highest BCUT2D eigenvalue weighted by atomic mass is 15.2. The van der Waals surface area contributed by atoms with Gasteiger partial charge in [0.25, 0.3) is 0 Å². The molecule has 0 atom stereocenters. The van der Waals surface area contributed by atoms with Gasteiger partial charge in [-0.2, -0.15) is 4.58 Å². The number of allylic oxidation sites excluding steroid dienone is 2. The van der Waals surface area contributed by atoms with Gasteiger partial charge in [0, 0.05) is 41.6 Å². The van der Waals surface area contributed by atoms with Crippen molar-refractivity contribution in [2.24, 2.45) is 0 Å². The minimum atomic E-state index is 0.0808. The van der Waals surface area contributed by atoms with Crippen molar-refractivity contribution in [2.75, 3.05) is 18.0 Å². The summed E-state index contributed by atoms with van der Waals surface area (Å²) in [6.07, 6.45) is 9.36. The van der Waals surface area contributed by atoms with Crippen LogP contribution in [0.4, 0.5) is 11.4 Å². The fraction of sp³-hybridized carbons (Fsp3) is 0.269. The van der Waals surface area contributed by atoms with Gasteiger partial charge in [0.1, 0.15) is 0 Å². The van der Waals surface area contributed by atoms with Crippen LogP contribution in [0, 0.1) is 0 Å². The predicted octanol–water partition coefficient (Wildman–Crippen LogP) is 5.58. The van der Waals surface area contributed by atoms with E-state index in [-0.39, 0.29) is 5.41 Å². The molecular weight excluding hydrogens is 340 g/mol. The van der Waals surface area contributed by atoms with E-state index in [4.69, 9.17) is 0 Å². The fourth-order valence-electron chi connectivity index (χ4n) is 5.62. The monoisotopic (exact) mass is 365 g/mol. The number of anilines is 1. The molecule has 2 aromatic carbocycles. The first-order chi connectivity index (χ1) is 13.6. The molecule has 0 fully saturated rings. The minimum Gasteiger partial charge on any atom is -0.340 e. The third kappa shape index (κ3) is 2.06. The first-order valence-electron chi connectivity index (χ1n) is 10.4. The maximum atomic E-state index is 2.56. The highest BCUT2D eigenvalue weighted by Crippen LogP contribution is 2.45. The lowest BCUT2D eigenvalue weighted by Crippen LogP contribution is -2.27. The van der Waals surface area contributed by atoms with Gasteiger partial charge in [0.15, 0.2) is 12.3 Å². The van der Waals surface area contributed by atoms with Gasteiger partial charge in [-0.05, 0) is 49.6 Å². The quantitative estimate of drug-likeness (QED) is 0.598. The van der Waals surface area contributed by atoms with Crippen molar-refractivity contribution in [1.82, 2.24) is 0 Å². The highest BCUT2D eigenvalue weighted by Gasteiger charge is 2.50. The highest BCUT2D eigenvalue weighted by molar-refractivity contribution is 6.08. The normalized spacial score (nSPS) is 22.6. The van der Waals surface area contributed by atoms with E-state index in [1.807, 2.05) is 0 Å². The topological polar surface area (TPSA) is 6.25 Å². The molecule has 2 nitrogen and oxygen atoms in total. The number of nitrogens with zero attached hydrogens (tertiary/aromatic N) is 2. The van der Waals surface area contributed by atoms with Gasteiger partial charge >= 0.3 is 0 Å².